The number of nitrogens with zero attached hydrogens (tertiary/aromatic N) is 1. The highest BCUT2D eigenvalue weighted by molar-refractivity contribution is 6.33. The summed E-state index contributed by atoms with van der Waals surface area (Å²) < 4.78 is 0. The lowest BCUT2D eigenvalue weighted by Crippen LogP contribution is -2.32. The normalized spacial score (nSPS) is 18.1. The number of likely N-dealkylation sites (tertiary alicyclic amines) is 1. The largest absolute Gasteiger partial charge is 0.356 e. The van der Waals surface area contributed by atoms with Crippen molar-refractivity contribution in [2.45, 2.75) is 20.3 Å². The SMILES string of the molecule is CC(=O)NC[C@@H]1CCN(C(=O)c2ccc(C)cc2Cl)C1. The van der Waals surface area contributed by atoms with Gasteiger partial charge in [0.1, 0.15) is 0 Å². The average Bonchev–Trinajstić information content (AvgIpc) is 2.84. The molecule has 2 rings (SSSR count). The number of hydrogen-bond donors (Lipinski definition) is 1. The first-order valence-corrected chi connectivity index (χ1v) is 7.15. The zero-order valence-electron chi connectivity index (χ0n) is 11.8. The first kappa shape index (κ1) is 14.9. The molecule has 1 fully saturated rings. The highest BCUT2D eigenvalue weighted by Gasteiger charge is 2.27. The van der Waals surface area contributed by atoms with Crippen LogP contribution in [0.3, 0.4) is 0 Å². The molecule has 2 amide bonds. The third kappa shape index (κ3) is 3.51. The van der Waals surface area contributed by atoms with Crippen molar-refractivity contribution in [3.8, 4) is 0 Å². The van der Waals surface area contributed by atoms with Crippen molar-refractivity contribution >= 4 is 23.4 Å². The van der Waals surface area contributed by atoms with E-state index in [1.165, 1.54) is 6.92 Å². The Labute approximate surface area is 124 Å². The zero-order valence-corrected chi connectivity index (χ0v) is 12.5. The van der Waals surface area contributed by atoms with Crippen LogP contribution >= 0.6 is 11.6 Å². The van der Waals surface area contributed by atoms with Crippen LogP contribution in [0.2, 0.25) is 5.02 Å². The fourth-order valence-electron chi connectivity index (χ4n) is 2.44. The van der Waals surface area contributed by atoms with Crippen LogP contribution < -0.4 is 5.32 Å². The van der Waals surface area contributed by atoms with Crippen LogP contribution in [-0.4, -0.2) is 36.3 Å². The summed E-state index contributed by atoms with van der Waals surface area (Å²) in [4.78, 5) is 25.1. The van der Waals surface area contributed by atoms with Crippen LogP contribution in [0.1, 0.15) is 29.3 Å². The van der Waals surface area contributed by atoms with E-state index in [1.54, 1.807) is 12.1 Å². The Morgan fingerprint density at radius 2 is 2.20 bits per heavy atom. The van der Waals surface area contributed by atoms with E-state index in [0.29, 0.717) is 36.1 Å². The van der Waals surface area contributed by atoms with Crippen LogP contribution in [0, 0.1) is 12.8 Å². The number of halogens is 1. The molecule has 1 aliphatic heterocycles. The third-order valence-corrected chi connectivity index (χ3v) is 3.88. The minimum Gasteiger partial charge on any atom is -0.356 e. The number of carbonyl (C=O) groups excluding carboxylic acids is 2. The van der Waals surface area contributed by atoms with Crippen molar-refractivity contribution in [2.75, 3.05) is 19.6 Å². The molecule has 0 radical (unpaired) electrons. The average molecular weight is 295 g/mol. The second-order valence-corrected chi connectivity index (χ2v) is 5.73. The van der Waals surface area contributed by atoms with Crippen molar-refractivity contribution < 1.29 is 9.59 Å². The van der Waals surface area contributed by atoms with Gasteiger partial charge in [-0.2, -0.15) is 0 Å². The summed E-state index contributed by atoms with van der Waals surface area (Å²) in [5, 5.41) is 3.30. The zero-order chi connectivity index (χ0) is 14.7. The molecule has 5 heteroatoms. The molecular weight excluding hydrogens is 276 g/mol. The lowest BCUT2D eigenvalue weighted by molar-refractivity contribution is -0.119. The summed E-state index contributed by atoms with van der Waals surface area (Å²) in [5.41, 5.74) is 1.59. The van der Waals surface area contributed by atoms with Crippen molar-refractivity contribution in [1.29, 1.82) is 0 Å². The van der Waals surface area contributed by atoms with Gasteiger partial charge in [-0.1, -0.05) is 17.7 Å². The molecule has 20 heavy (non-hydrogen) atoms. The summed E-state index contributed by atoms with van der Waals surface area (Å²) >= 11 is 6.14. The molecule has 1 aromatic carbocycles. The van der Waals surface area contributed by atoms with E-state index < -0.39 is 0 Å². The molecule has 1 aromatic rings. The molecule has 0 unspecified atom stereocenters. The number of nitrogens with one attached hydrogen (secondary N) is 1. The van der Waals surface area contributed by atoms with Gasteiger partial charge in [-0.15, -0.1) is 0 Å². The molecule has 1 aliphatic rings. The fraction of sp³-hybridized carbons (Fsp3) is 0.467. The number of benzene rings is 1. The predicted octanol–water partition coefficient (Wildman–Crippen LogP) is 2.25. The summed E-state index contributed by atoms with van der Waals surface area (Å²) in [6, 6.07) is 5.48. The Bertz CT molecular complexity index is 531. The third-order valence-electron chi connectivity index (χ3n) is 3.57. The van der Waals surface area contributed by atoms with E-state index in [2.05, 4.69) is 5.32 Å². The van der Waals surface area contributed by atoms with E-state index in [9.17, 15) is 9.59 Å². The lowest BCUT2D eigenvalue weighted by atomic mass is 10.1. The number of carbonyl (C=O) groups is 2. The first-order chi connectivity index (χ1) is 9.47. The molecule has 0 aromatic heterocycles. The molecule has 1 atom stereocenters. The van der Waals surface area contributed by atoms with Gasteiger partial charge in [0, 0.05) is 26.6 Å². The van der Waals surface area contributed by atoms with Crippen LogP contribution in [0.15, 0.2) is 18.2 Å². The number of hydrogen-bond acceptors (Lipinski definition) is 2. The first-order valence-electron chi connectivity index (χ1n) is 6.77. The molecule has 108 valence electrons. The van der Waals surface area contributed by atoms with Gasteiger partial charge in [0.25, 0.3) is 5.91 Å². The molecule has 4 nitrogen and oxygen atoms in total. The molecule has 1 saturated heterocycles. The van der Waals surface area contributed by atoms with E-state index in [-0.39, 0.29) is 11.8 Å². The van der Waals surface area contributed by atoms with Gasteiger partial charge >= 0.3 is 0 Å². The Kier molecular flexibility index (Phi) is 4.65. The second kappa shape index (κ2) is 6.27. The quantitative estimate of drug-likeness (QED) is 0.929. The van der Waals surface area contributed by atoms with Gasteiger partial charge in [-0.3, -0.25) is 9.59 Å². The van der Waals surface area contributed by atoms with Gasteiger partial charge in [0.2, 0.25) is 5.91 Å². The number of amides is 2. The maximum Gasteiger partial charge on any atom is 0.255 e. The van der Waals surface area contributed by atoms with Crippen LogP contribution in [0.4, 0.5) is 0 Å². The molecule has 1 heterocycles. The highest BCUT2D eigenvalue weighted by atomic mass is 35.5. The van der Waals surface area contributed by atoms with Crippen molar-refractivity contribution in [2.24, 2.45) is 5.92 Å². The van der Waals surface area contributed by atoms with E-state index >= 15 is 0 Å². The molecular formula is C15H19ClN2O2. The molecule has 0 aliphatic carbocycles. The van der Waals surface area contributed by atoms with Crippen LogP contribution in [0.25, 0.3) is 0 Å². The van der Waals surface area contributed by atoms with Gasteiger partial charge < -0.3 is 10.2 Å². The second-order valence-electron chi connectivity index (χ2n) is 5.33. The van der Waals surface area contributed by atoms with Gasteiger partial charge in [-0.05, 0) is 37.0 Å². The van der Waals surface area contributed by atoms with Gasteiger partial charge in [-0.25, -0.2) is 0 Å². The number of rotatable bonds is 3. The van der Waals surface area contributed by atoms with Crippen LogP contribution in [-0.2, 0) is 4.79 Å². The maximum atomic E-state index is 12.4. The smallest absolute Gasteiger partial charge is 0.255 e. The summed E-state index contributed by atoms with van der Waals surface area (Å²) in [5.74, 6) is 0.267. The molecule has 0 bridgehead atoms. The predicted molar refractivity (Wildman–Crippen MR) is 78.9 cm³/mol. The minimum atomic E-state index is -0.0312. The van der Waals surface area contributed by atoms with Gasteiger partial charge in [0.05, 0.1) is 10.6 Å². The molecule has 1 N–H and O–H groups in total. The Morgan fingerprint density at radius 1 is 1.45 bits per heavy atom. The lowest BCUT2D eigenvalue weighted by Gasteiger charge is -2.17. The summed E-state index contributed by atoms with van der Waals surface area (Å²) in [6.07, 6.45) is 0.912. The highest BCUT2D eigenvalue weighted by Crippen LogP contribution is 2.23. The van der Waals surface area contributed by atoms with Crippen molar-refractivity contribution in [3.63, 3.8) is 0 Å². The van der Waals surface area contributed by atoms with E-state index in [4.69, 9.17) is 11.6 Å². The van der Waals surface area contributed by atoms with Crippen molar-refractivity contribution in [3.05, 3.63) is 34.3 Å². The maximum absolute atomic E-state index is 12.4. The summed E-state index contributed by atoms with van der Waals surface area (Å²) in [7, 11) is 0. The van der Waals surface area contributed by atoms with E-state index in [1.807, 2.05) is 17.9 Å². The monoisotopic (exact) mass is 294 g/mol. The van der Waals surface area contributed by atoms with E-state index in [0.717, 1.165) is 12.0 Å². The van der Waals surface area contributed by atoms with Crippen LogP contribution in [0.5, 0.6) is 0 Å². The van der Waals surface area contributed by atoms with Crippen molar-refractivity contribution in [1.82, 2.24) is 10.2 Å². The Morgan fingerprint density at radius 3 is 2.85 bits per heavy atom. The minimum absolute atomic E-state index is 0.0275. The molecule has 0 saturated carbocycles. The Hall–Kier alpha value is -1.55. The number of aryl methyl sites for hydroxylation is 1. The van der Waals surface area contributed by atoms with Gasteiger partial charge in [0.15, 0.2) is 0 Å². The standard InChI is InChI=1S/C15H19ClN2O2/c1-10-3-4-13(14(16)7-10)15(20)18-6-5-12(9-18)8-17-11(2)19/h3-4,7,12H,5-6,8-9H2,1-2H3,(H,17,19)/t12-/m0/s1. The summed E-state index contributed by atoms with van der Waals surface area (Å²) in [6.45, 7) is 5.46. The molecule has 0 spiro atoms. The fourth-order valence-corrected chi connectivity index (χ4v) is 2.75. The topological polar surface area (TPSA) is 49.4 Å². The Balaban J connectivity index is 1.99.